The highest BCUT2D eigenvalue weighted by molar-refractivity contribution is 5.90. The summed E-state index contributed by atoms with van der Waals surface area (Å²) in [6, 6.07) is 16.8. The number of hydrogen-bond donors (Lipinski definition) is 2. The molecule has 2 aromatic carbocycles. The maximum Gasteiger partial charge on any atom is 0.408 e. The summed E-state index contributed by atoms with van der Waals surface area (Å²) in [4.78, 5) is 25.9. The van der Waals surface area contributed by atoms with Gasteiger partial charge in [-0.1, -0.05) is 63.2 Å². The smallest absolute Gasteiger partial charge is 0.408 e. The first kappa shape index (κ1) is 20.7. The fourth-order valence-corrected chi connectivity index (χ4v) is 4.35. The second kappa shape index (κ2) is 7.78. The molecule has 6 heteroatoms. The summed E-state index contributed by atoms with van der Waals surface area (Å²) in [5, 5.41) is 9.95. The van der Waals surface area contributed by atoms with Crippen LogP contribution in [0.25, 0.3) is 0 Å². The minimum Gasteiger partial charge on any atom is -0.489 e. The molecule has 0 aliphatic carbocycles. The molecule has 2 aromatic rings. The van der Waals surface area contributed by atoms with Crippen LogP contribution >= 0.6 is 0 Å². The van der Waals surface area contributed by atoms with Crippen LogP contribution in [-0.2, 0) is 11.4 Å². The fraction of sp³-hybridized carbons (Fsp3) is 0.391. The predicted molar refractivity (Wildman–Crippen MR) is 110 cm³/mol. The Balaban J connectivity index is 1.82. The van der Waals surface area contributed by atoms with Gasteiger partial charge in [-0.25, -0.2) is 4.79 Å². The molecule has 1 aliphatic rings. The van der Waals surface area contributed by atoms with Crippen LogP contribution in [0.4, 0.5) is 4.79 Å². The third kappa shape index (κ3) is 3.79. The van der Waals surface area contributed by atoms with E-state index in [1.807, 2.05) is 75.4 Å². The first-order valence-corrected chi connectivity index (χ1v) is 9.75. The number of ether oxygens (including phenoxy) is 1. The van der Waals surface area contributed by atoms with Crippen molar-refractivity contribution in [3.05, 3.63) is 65.7 Å². The number of likely N-dealkylation sites (tertiary alicyclic amines) is 1. The number of amides is 2. The van der Waals surface area contributed by atoms with Gasteiger partial charge in [0.05, 0.1) is 6.04 Å². The molecule has 0 unspecified atom stereocenters. The highest BCUT2D eigenvalue weighted by Crippen LogP contribution is 2.51. The number of primary amides is 1. The van der Waals surface area contributed by atoms with E-state index in [4.69, 9.17) is 10.5 Å². The molecule has 3 N–H and O–H groups in total. The standard InChI is InChI=1S/C23H28N2O4/c1-22(2,3)23(20(24)26)14-13-19(25(23)21(27)28)17-9-11-18(12-10-17)29-15-16-7-5-4-6-8-16/h4-12,19H,13-15H2,1-3H3,(H2,24,26)(H,27,28)/t19-,23-/m0/s1. The molecular weight excluding hydrogens is 368 g/mol. The first-order valence-electron chi connectivity index (χ1n) is 9.75. The minimum absolute atomic E-state index is 0.398. The number of carbonyl (C=O) groups excluding carboxylic acids is 1. The van der Waals surface area contributed by atoms with Gasteiger partial charge in [0.25, 0.3) is 0 Å². The molecule has 3 rings (SSSR count). The van der Waals surface area contributed by atoms with Crippen molar-refractivity contribution >= 4 is 12.0 Å². The van der Waals surface area contributed by atoms with Crippen molar-refractivity contribution < 1.29 is 19.4 Å². The molecule has 0 radical (unpaired) electrons. The Kier molecular flexibility index (Phi) is 5.55. The van der Waals surface area contributed by atoms with E-state index in [0.717, 1.165) is 11.1 Å². The molecular formula is C23H28N2O4. The van der Waals surface area contributed by atoms with Crippen LogP contribution in [-0.4, -0.2) is 27.5 Å². The van der Waals surface area contributed by atoms with Gasteiger partial charge in [0, 0.05) is 0 Å². The van der Waals surface area contributed by atoms with Crippen LogP contribution in [0.3, 0.4) is 0 Å². The van der Waals surface area contributed by atoms with Crippen molar-refractivity contribution in [2.45, 2.75) is 51.8 Å². The molecule has 1 heterocycles. The molecule has 0 saturated carbocycles. The summed E-state index contributed by atoms with van der Waals surface area (Å²) in [5.41, 5.74) is 5.77. The van der Waals surface area contributed by atoms with Crippen LogP contribution in [0.15, 0.2) is 54.6 Å². The number of nitrogens with zero attached hydrogens (tertiary/aromatic N) is 1. The zero-order valence-electron chi connectivity index (χ0n) is 17.1. The van der Waals surface area contributed by atoms with Gasteiger partial charge in [-0.3, -0.25) is 9.69 Å². The highest BCUT2D eigenvalue weighted by atomic mass is 16.5. The van der Waals surface area contributed by atoms with Gasteiger partial charge in [0.2, 0.25) is 5.91 Å². The van der Waals surface area contributed by atoms with Crippen molar-refractivity contribution in [2.75, 3.05) is 0 Å². The molecule has 6 nitrogen and oxygen atoms in total. The number of hydrogen-bond acceptors (Lipinski definition) is 3. The topological polar surface area (TPSA) is 92.9 Å². The SMILES string of the molecule is CC(C)(C)[C@@]1(C(N)=O)CC[C@@H](c2ccc(OCc3ccccc3)cc2)N1C(=O)O. The molecule has 2 amide bonds. The largest absolute Gasteiger partial charge is 0.489 e. The number of rotatable bonds is 5. The Bertz CT molecular complexity index is 874. The quantitative estimate of drug-likeness (QED) is 0.786. The third-order valence-electron chi connectivity index (χ3n) is 5.87. The molecule has 0 aromatic heterocycles. The van der Waals surface area contributed by atoms with Crippen LogP contribution < -0.4 is 10.5 Å². The van der Waals surface area contributed by atoms with E-state index in [0.29, 0.717) is 25.2 Å². The first-order chi connectivity index (χ1) is 13.7. The van der Waals surface area contributed by atoms with Crippen molar-refractivity contribution in [1.82, 2.24) is 4.90 Å². The van der Waals surface area contributed by atoms with Crippen LogP contribution in [0, 0.1) is 5.41 Å². The maximum atomic E-state index is 12.4. The van der Waals surface area contributed by atoms with Gasteiger partial charge >= 0.3 is 6.09 Å². The molecule has 0 spiro atoms. The van der Waals surface area contributed by atoms with Gasteiger partial charge < -0.3 is 15.6 Å². The lowest BCUT2D eigenvalue weighted by Gasteiger charge is -2.45. The zero-order valence-corrected chi connectivity index (χ0v) is 17.1. The second-order valence-corrected chi connectivity index (χ2v) is 8.52. The Morgan fingerprint density at radius 3 is 2.28 bits per heavy atom. The summed E-state index contributed by atoms with van der Waals surface area (Å²) >= 11 is 0. The number of nitrogens with two attached hydrogens (primary N) is 1. The summed E-state index contributed by atoms with van der Waals surface area (Å²) < 4.78 is 5.81. The second-order valence-electron chi connectivity index (χ2n) is 8.52. The van der Waals surface area contributed by atoms with Crippen LogP contribution in [0.2, 0.25) is 0 Å². The van der Waals surface area contributed by atoms with Gasteiger partial charge in [0.15, 0.2) is 0 Å². The van der Waals surface area contributed by atoms with E-state index >= 15 is 0 Å². The van der Waals surface area contributed by atoms with E-state index in [-0.39, 0.29) is 0 Å². The summed E-state index contributed by atoms with van der Waals surface area (Å²) in [7, 11) is 0. The van der Waals surface area contributed by atoms with Crippen LogP contribution in [0.1, 0.15) is 50.8 Å². The molecule has 154 valence electrons. The van der Waals surface area contributed by atoms with Crippen molar-refractivity contribution in [3.63, 3.8) is 0 Å². The summed E-state index contributed by atoms with van der Waals surface area (Å²) in [5.74, 6) is 0.104. The maximum absolute atomic E-state index is 12.4. The number of carboxylic acid groups (broad SMARTS) is 1. The van der Waals surface area contributed by atoms with Crippen molar-refractivity contribution in [3.8, 4) is 5.75 Å². The summed E-state index contributed by atoms with van der Waals surface area (Å²) in [6.45, 7) is 6.03. The van der Waals surface area contributed by atoms with E-state index in [2.05, 4.69) is 0 Å². The molecule has 0 bridgehead atoms. The number of carbonyl (C=O) groups is 2. The molecule has 29 heavy (non-hydrogen) atoms. The lowest BCUT2D eigenvalue weighted by Crippen LogP contribution is -2.63. The van der Waals surface area contributed by atoms with Gasteiger partial charge in [-0.15, -0.1) is 0 Å². The van der Waals surface area contributed by atoms with Gasteiger partial charge in [-0.05, 0) is 41.5 Å². The fourth-order valence-electron chi connectivity index (χ4n) is 4.35. The Labute approximate surface area is 171 Å². The monoisotopic (exact) mass is 396 g/mol. The summed E-state index contributed by atoms with van der Waals surface area (Å²) in [6.07, 6.45) is -0.197. The Morgan fingerprint density at radius 1 is 1.14 bits per heavy atom. The minimum atomic E-state index is -1.24. The highest BCUT2D eigenvalue weighted by Gasteiger charge is 2.59. The van der Waals surface area contributed by atoms with E-state index in [9.17, 15) is 14.7 Å². The molecule has 1 saturated heterocycles. The molecule has 2 atom stereocenters. The molecule has 1 aliphatic heterocycles. The number of benzene rings is 2. The average molecular weight is 396 g/mol. The molecule has 1 fully saturated rings. The van der Waals surface area contributed by atoms with Gasteiger partial charge in [-0.2, -0.15) is 0 Å². The Morgan fingerprint density at radius 2 is 1.76 bits per heavy atom. The normalized spacial score (nSPS) is 21.8. The lowest BCUT2D eigenvalue weighted by atomic mass is 9.71. The van der Waals surface area contributed by atoms with Gasteiger partial charge in [0.1, 0.15) is 17.9 Å². The Hall–Kier alpha value is -3.02. The average Bonchev–Trinajstić information content (AvgIpc) is 3.10. The zero-order chi connectivity index (χ0) is 21.2. The van der Waals surface area contributed by atoms with Crippen LogP contribution in [0.5, 0.6) is 5.75 Å². The van der Waals surface area contributed by atoms with E-state index < -0.39 is 29.0 Å². The predicted octanol–water partition coefficient (Wildman–Crippen LogP) is 4.35. The third-order valence-corrected chi connectivity index (χ3v) is 5.87. The lowest BCUT2D eigenvalue weighted by molar-refractivity contribution is -0.135. The van der Waals surface area contributed by atoms with Crippen molar-refractivity contribution in [2.24, 2.45) is 11.1 Å². The van der Waals surface area contributed by atoms with Crippen molar-refractivity contribution in [1.29, 1.82) is 0 Å². The van der Waals surface area contributed by atoms with E-state index in [1.54, 1.807) is 0 Å². The van der Waals surface area contributed by atoms with E-state index in [1.165, 1.54) is 4.90 Å².